The molecular weight excluding hydrogens is 232 g/mol. The molecule has 1 N–H and O–H groups in total. The Morgan fingerprint density at radius 2 is 1.58 bits per heavy atom. The zero-order valence-electron chi connectivity index (χ0n) is 14.2. The molecule has 0 aliphatic heterocycles. The molecule has 0 aromatic rings. The van der Waals surface area contributed by atoms with Crippen molar-refractivity contribution in [3.8, 4) is 0 Å². The normalized spacial score (nSPS) is 12.0. The van der Waals surface area contributed by atoms with Crippen molar-refractivity contribution in [1.82, 2.24) is 10.2 Å². The second-order valence-electron chi connectivity index (χ2n) is 6.17. The van der Waals surface area contributed by atoms with Gasteiger partial charge < -0.3 is 10.2 Å². The summed E-state index contributed by atoms with van der Waals surface area (Å²) >= 11 is 0. The van der Waals surface area contributed by atoms with Gasteiger partial charge in [-0.05, 0) is 57.7 Å². The SMILES string of the molecule is CCCNCCCCCN(CC(C)C)C(CC)CC. The summed E-state index contributed by atoms with van der Waals surface area (Å²) < 4.78 is 0. The summed E-state index contributed by atoms with van der Waals surface area (Å²) in [6, 6.07) is 0.792. The van der Waals surface area contributed by atoms with Gasteiger partial charge >= 0.3 is 0 Å². The molecule has 116 valence electrons. The van der Waals surface area contributed by atoms with Gasteiger partial charge in [-0.3, -0.25) is 0 Å². The largest absolute Gasteiger partial charge is 0.317 e. The molecule has 0 aliphatic carbocycles. The van der Waals surface area contributed by atoms with Crippen LogP contribution in [-0.2, 0) is 0 Å². The van der Waals surface area contributed by atoms with E-state index in [4.69, 9.17) is 0 Å². The highest BCUT2D eigenvalue weighted by atomic mass is 15.1. The molecule has 0 amide bonds. The minimum atomic E-state index is 0.784. The molecule has 0 atom stereocenters. The van der Waals surface area contributed by atoms with E-state index in [9.17, 15) is 0 Å². The third-order valence-corrected chi connectivity index (χ3v) is 3.78. The Labute approximate surface area is 122 Å². The lowest BCUT2D eigenvalue weighted by Gasteiger charge is -2.32. The molecule has 2 heteroatoms. The van der Waals surface area contributed by atoms with Crippen LogP contribution in [0.2, 0.25) is 0 Å². The number of unbranched alkanes of at least 4 members (excludes halogenated alkanes) is 2. The summed E-state index contributed by atoms with van der Waals surface area (Å²) in [5, 5.41) is 3.49. The van der Waals surface area contributed by atoms with Crippen molar-refractivity contribution in [2.24, 2.45) is 5.92 Å². The van der Waals surface area contributed by atoms with Gasteiger partial charge in [0.25, 0.3) is 0 Å². The number of hydrogen-bond donors (Lipinski definition) is 1. The second-order valence-corrected chi connectivity index (χ2v) is 6.17. The Bertz CT molecular complexity index is 176. The van der Waals surface area contributed by atoms with Crippen LogP contribution in [0.3, 0.4) is 0 Å². The maximum atomic E-state index is 3.49. The lowest BCUT2D eigenvalue weighted by molar-refractivity contribution is 0.162. The Morgan fingerprint density at radius 3 is 2.11 bits per heavy atom. The zero-order valence-corrected chi connectivity index (χ0v) is 14.2. The third-order valence-electron chi connectivity index (χ3n) is 3.78. The van der Waals surface area contributed by atoms with Crippen molar-refractivity contribution in [2.45, 2.75) is 79.2 Å². The van der Waals surface area contributed by atoms with Crippen LogP contribution in [0.5, 0.6) is 0 Å². The summed E-state index contributed by atoms with van der Waals surface area (Å²) in [6.45, 7) is 16.5. The third kappa shape index (κ3) is 10.4. The van der Waals surface area contributed by atoms with Gasteiger partial charge in [0.1, 0.15) is 0 Å². The van der Waals surface area contributed by atoms with Gasteiger partial charge in [-0.15, -0.1) is 0 Å². The molecule has 0 bridgehead atoms. The first-order chi connectivity index (χ1) is 9.15. The van der Waals surface area contributed by atoms with E-state index in [2.05, 4.69) is 44.8 Å². The highest BCUT2D eigenvalue weighted by molar-refractivity contribution is 4.70. The van der Waals surface area contributed by atoms with Crippen LogP contribution in [-0.4, -0.2) is 37.1 Å². The van der Waals surface area contributed by atoms with Crippen LogP contribution in [0, 0.1) is 5.92 Å². The lowest BCUT2D eigenvalue weighted by atomic mass is 10.1. The van der Waals surface area contributed by atoms with Gasteiger partial charge in [-0.2, -0.15) is 0 Å². The zero-order chi connectivity index (χ0) is 14.5. The summed E-state index contributed by atoms with van der Waals surface area (Å²) in [5.41, 5.74) is 0. The van der Waals surface area contributed by atoms with E-state index in [1.165, 1.54) is 64.7 Å². The fourth-order valence-corrected chi connectivity index (χ4v) is 2.74. The fraction of sp³-hybridized carbons (Fsp3) is 1.00. The molecule has 2 nitrogen and oxygen atoms in total. The van der Waals surface area contributed by atoms with E-state index in [1.807, 2.05) is 0 Å². The van der Waals surface area contributed by atoms with E-state index >= 15 is 0 Å². The van der Waals surface area contributed by atoms with Crippen LogP contribution in [0.25, 0.3) is 0 Å². The monoisotopic (exact) mass is 270 g/mol. The average Bonchev–Trinajstić information content (AvgIpc) is 2.38. The quantitative estimate of drug-likeness (QED) is 0.502. The molecule has 0 aromatic heterocycles. The molecule has 0 rings (SSSR count). The van der Waals surface area contributed by atoms with Gasteiger partial charge in [0, 0.05) is 12.6 Å². The first-order valence-corrected chi connectivity index (χ1v) is 8.60. The summed E-state index contributed by atoms with van der Waals surface area (Å²) in [5.74, 6) is 0.784. The highest BCUT2D eigenvalue weighted by Crippen LogP contribution is 2.13. The molecule has 0 saturated heterocycles. The first-order valence-electron chi connectivity index (χ1n) is 8.60. The maximum absolute atomic E-state index is 3.49. The molecule has 0 aromatic carbocycles. The van der Waals surface area contributed by atoms with E-state index < -0.39 is 0 Å². The predicted molar refractivity (Wildman–Crippen MR) is 87.8 cm³/mol. The van der Waals surface area contributed by atoms with Crippen LogP contribution >= 0.6 is 0 Å². The second kappa shape index (κ2) is 12.9. The maximum Gasteiger partial charge on any atom is 0.00901 e. The van der Waals surface area contributed by atoms with Crippen LogP contribution in [0.15, 0.2) is 0 Å². The topological polar surface area (TPSA) is 15.3 Å². The molecule has 0 heterocycles. The van der Waals surface area contributed by atoms with Gasteiger partial charge in [0.15, 0.2) is 0 Å². The van der Waals surface area contributed by atoms with Crippen LogP contribution in [0.4, 0.5) is 0 Å². The Morgan fingerprint density at radius 1 is 0.895 bits per heavy atom. The van der Waals surface area contributed by atoms with Crippen molar-refractivity contribution in [2.75, 3.05) is 26.2 Å². The Kier molecular flexibility index (Phi) is 12.9. The Hall–Kier alpha value is -0.0800. The molecule has 19 heavy (non-hydrogen) atoms. The predicted octanol–water partition coefficient (Wildman–Crippen LogP) is 4.30. The summed E-state index contributed by atoms with van der Waals surface area (Å²) in [6.07, 6.45) is 7.89. The van der Waals surface area contributed by atoms with E-state index in [1.54, 1.807) is 0 Å². The summed E-state index contributed by atoms with van der Waals surface area (Å²) in [4.78, 5) is 2.73. The number of hydrogen-bond acceptors (Lipinski definition) is 2. The van der Waals surface area contributed by atoms with Crippen molar-refractivity contribution < 1.29 is 0 Å². The minimum Gasteiger partial charge on any atom is -0.317 e. The van der Waals surface area contributed by atoms with Gasteiger partial charge in [-0.1, -0.05) is 41.0 Å². The number of nitrogens with zero attached hydrogens (tertiary/aromatic N) is 1. The molecule has 0 radical (unpaired) electrons. The standard InChI is InChI=1S/C17H38N2/c1-6-12-18-13-10-9-11-14-19(15-16(4)5)17(7-2)8-3/h16-18H,6-15H2,1-5H3. The van der Waals surface area contributed by atoms with Gasteiger partial charge in [0.05, 0.1) is 0 Å². The van der Waals surface area contributed by atoms with Crippen molar-refractivity contribution in [3.63, 3.8) is 0 Å². The lowest BCUT2D eigenvalue weighted by Crippen LogP contribution is -2.38. The van der Waals surface area contributed by atoms with Gasteiger partial charge in [-0.25, -0.2) is 0 Å². The molecule has 0 saturated carbocycles. The number of rotatable bonds is 13. The first kappa shape index (κ1) is 18.9. The fourth-order valence-electron chi connectivity index (χ4n) is 2.74. The summed E-state index contributed by atoms with van der Waals surface area (Å²) in [7, 11) is 0. The molecule has 0 unspecified atom stereocenters. The van der Waals surface area contributed by atoms with E-state index in [-0.39, 0.29) is 0 Å². The van der Waals surface area contributed by atoms with Crippen molar-refractivity contribution in [3.05, 3.63) is 0 Å². The van der Waals surface area contributed by atoms with E-state index in [0.717, 1.165) is 12.0 Å². The average molecular weight is 271 g/mol. The molecule has 0 spiro atoms. The Balaban J connectivity index is 3.79. The van der Waals surface area contributed by atoms with Crippen LogP contribution < -0.4 is 5.32 Å². The minimum absolute atomic E-state index is 0.784. The van der Waals surface area contributed by atoms with E-state index in [0.29, 0.717) is 0 Å². The number of nitrogens with one attached hydrogen (secondary N) is 1. The van der Waals surface area contributed by atoms with Crippen molar-refractivity contribution >= 4 is 0 Å². The molecular formula is C17H38N2. The van der Waals surface area contributed by atoms with Gasteiger partial charge in [0.2, 0.25) is 0 Å². The molecule has 0 fully saturated rings. The molecule has 0 aliphatic rings. The smallest absolute Gasteiger partial charge is 0.00901 e. The van der Waals surface area contributed by atoms with Crippen LogP contribution in [0.1, 0.15) is 73.1 Å². The highest BCUT2D eigenvalue weighted by Gasteiger charge is 2.15. The van der Waals surface area contributed by atoms with Crippen molar-refractivity contribution in [1.29, 1.82) is 0 Å².